The number of aliphatic hydroxyl groups is 1. The summed E-state index contributed by atoms with van der Waals surface area (Å²) in [6.45, 7) is 4.37. The van der Waals surface area contributed by atoms with Gasteiger partial charge in [0.2, 0.25) is 0 Å². The second-order valence-corrected chi connectivity index (χ2v) is 5.98. The Morgan fingerprint density at radius 1 is 1.18 bits per heavy atom. The van der Waals surface area contributed by atoms with Gasteiger partial charge in [0.05, 0.1) is 5.60 Å². The van der Waals surface area contributed by atoms with Crippen molar-refractivity contribution < 1.29 is 9.84 Å². The van der Waals surface area contributed by atoms with Crippen LogP contribution >= 0.6 is 0 Å². The first-order valence-electron chi connectivity index (χ1n) is 7.16. The topological polar surface area (TPSA) is 55.5 Å². The van der Waals surface area contributed by atoms with Crippen LogP contribution in [0.3, 0.4) is 0 Å². The van der Waals surface area contributed by atoms with Crippen molar-refractivity contribution in [2.45, 2.75) is 57.5 Å². The maximum absolute atomic E-state index is 11.0. The van der Waals surface area contributed by atoms with E-state index in [9.17, 15) is 5.11 Å². The zero-order valence-electron chi connectivity index (χ0n) is 11.1. The van der Waals surface area contributed by atoms with Crippen LogP contribution in [0.2, 0.25) is 0 Å². The Morgan fingerprint density at radius 2 is 1.76 bits per heavy atom. The van der Waals surface area contributed by atoms with Gasteiger partial charge in [0.1, 0.15) is 0 Å². The predicted octanol–water partition coefficient (Wildman–Crippen LogP) is 2.07. The highest BCUT2D eigenvalue weighted by Gasteiger charge is 2.50. The van der Waals surface area contributed by atoms with Gasteiger partial charge >= 0.3 is 0 Å². The molecule has 0 aromatic carbocycles. The second kappa shape index (κ2) is 5.25. The van der Waals surface area contributed by atoms with Crippen molar-refractivity contribution in [2.75, 3.05) is 19.8 Å². The van der Waals surface area contributed by atoms with E-state index >= 15 is 0 Å². The summed E-state index contributed by atoms with van der Waals surface area (Å²) in [6, 6.07) is 0. The molecule has 0 atom stereocenters. The fraction of sp³-hybridized carbons (Fsp3) is 1.00. The molecule has 0 aromatic heterocycles. The van der Waals surface area contributed by atoms with Crippen molar-refractivity contribution >= 4 is 0 Å². The van der Waals surface area contributed by atoms with Crippen LogP contribution in [0.1, 0.15) is 51.9 Å². The summed E-state index contributed by atoms with van der Waals surface area (Å²) < 4.78 is 5.44. The fourth-order valence-electron chi connectivity index (χ4n) is 3.72. The van der Waals surface area contributed by atoms with Crippen molar-refractivity contribution in [1.29, 1.82) is 0 Å². The summed E-state index contributed by atoms with van der Waals surface area (Å²) >= 11 is 0. The molecule has 0 unspecified atom stereocenters. The molecule has 0 amide bonds. The minimum Gasteiger partial charge on any atom is -0.389 e. The SMILES string of the molecule is CCC1CCC(O)(C2(CN)CCOCC2)CC1. The summed E-state index contributed by atoms with van der Waals surface area (Å²) in [5, 5.41) is 11.0. The summed E-state index contributed by atoms with van der Waals surface area (Å²) in [6.07, 6.45) is 7.29. The van der Waals surface area contributed by atoms with E-state index in [2.05, 4.69) is 6.92 Å². The Labute approximate surface area is 105 Å². The van der Waals surface area contributed by atoms with Gasteiger partial charge in [0, 0.05) is 25.2 Å². The highest BCUT2D eigenvalue weighted by Crippen LogP contribution is 2.49. The zero-order chi connectivity index (χ0) is 12.4. The van der Waals surface area contributed by atoms with Gasteiger partial charge < -0.3 is 15.6 Å². The van der Waals surface area contributed by atoms with Crippen molar-refractivity contribution in [2.24, 2.45) is 17.1 Å². The van der Waals surface area contributed by atoms with Gasteiger partial charge in [-0.1, -0.05) is 13.3 Å². The number of hydrogen-bond acceptors (Lipinski definition) is 3. The molecule has 0 spiro atoms. The normalized spacial score (nSPS) is 37.9. The van der Waals surface area contributed by atoms with Crippen molar-refractivity contribution in [3.8, 4) is 0 Å². The Hall–Kier alpha value is -0.120. The number of ether oxygens (including phenoxy) is 1. The lowest BCUT2D eigenvalue weighted by Gasteiger charge is -2.52. The van der Waals surface area contributed by atoms with Crippen LogP contribution < -0.4 is 5.73 Å². The quantitative estimate of drug-likeness (QED) is 0.795. The van der Waals surface area contributed by atoms with Crippen LogP contribution in [0.15, 0.2) is 0 Å². The van der Waals surface area contributed by atoms with Crippen LogP contribution in [0.5, 0.6) is 0 Å². The highest BCUT2D eigenvalue weighted by atomic mass is 16.5. The average Bonchev–Trinajstić information content (AvgIpc) is 2.40. The van der Waals surface area contributed by atoms with Gasteiger partial charge in [0.15, 0.2) is 0 Å². The van der Waals surface area contributed by atoms with Crippen LogP contribution in [0, 0.1) is 11.3 Å². The lowest BCUT2D eigenvalue weighted by Crippen LogP contribution is -2.56. The number of nitrogens with two attached hydrogens (primary N) is 1. The van der Waals surface area contributed by atoms with E-state index in [0.717, 1.165) is 57.7 Å². The predicted molar refractivity (Wildman–Crippen MR) is 68.7 cm³/mol. The van der Waals surface area contributed by atoms with E-state index in [-0.39, 0.29) is 5.41 Å². The Kier molecular flexibility index (Phi) is 4.11. The van der Waals surface area contributed by atoms with E-state index in [1.165, 1.54) is 6.42 Å². The Bertz CT molecular complexity index is 241. The van der Waals surface area contributed by atoms with E-state index < -0.39 is 5.60 Å². The first kappa shape index (κ1) is 13.3. The second-order valence-electron chi connectivity index (χ2n) is 5.98. The Balaban J connectivity index is 2.08. The van der Waals surface area contributed by atoms with Gasteiger partial charge in [-0.25, -0.2) is 0 Å². The lowest BCUT2D eigenvalue weighted by atomic mass is 9.60. The monoisotopic (exact) mass is 241 g/mol. The van der Waals surface area contributed by atoms with Gasteiger partial charge in [-0.3, -0.25) is 0 Å². The molecule has 1 saturated carbocycles. The Morgan fingerprint density at radius 3 is 2.24 bits per heavy atom. The van der Waals surface area contributed by atoms with Gasteiger partial charge in [-0.2, -0.15) is 0 Å². The molecule has 0 bridgehead atoms. The standard InChI is InChI=1S/C14H27NO2/c1-2-12-3-5-14(16,6-4-12)13(11-15)7-9-17-10-8-13/h12,16H,2-11,15H2,1H3. The molecule has 1 heterocycles. The molecular formula is C14H27NO2. The smallest absolute Gasteiger partial charge is 0.0717 e. The van der Waals surface area contributed by atoms with Gasteiger partial charge in [-0.05, 0) is 44.4 Å². The third kappa shape index (κ3) is 2.38. The summed E-state index contributed by atoms with van der Waals surface area (Å²) in [4.78, 5) is 0. The maximum atomic E-state index is 11.0. The van der Waals surface area contributed by atoms with E-state index in [1.54, 1.807) is 0 Å². The third-order valence-electron chi connectivity index (χ3n) is 5.34. The molecule has 2 aliphatic rings. The van der Waals surface area contributed by atoms with Gasteiger partial charge in [-0.15, -0.1) is 0 Å². The molecule has 0 radical (unpaired) electrons. The molecule has 3 nitrogen and oxygen atoms in total. The van der Waals surface area contributed by atoms with Crippen LogP contribution in [-0.4, -0.2) is 30.5 Å². The molecule has 2 rings (SSSR count). The van der Waals surface area contributed by atoms with Crippen molar-refractivity contribution in [3.05, 3.63) is 0 Å². The van der Waals surface area contributed by atoms with Crippen LogP contribution in [0.25, 0.3) is 0 Å². The van der Waals surface area contributed by atoms with Crippen molar-refractivity contribution in [3.63, 3.8) is 0 Å². The largest absolute Gasteiger partial charge is 0.389 e. The summed E-state index contributed by atoms with van der Waals surface area (Å²) in [7, 11) is 0. The van der Waals surface area contributed by atoms with Crippen LogP contribution in [-0.2, 0) is 4.74 Å². The first-order chi connectivity index (χ1) is 8.16. The molecule has 1 aliphatic carbocycles. The molecule has 1 saturated heterocycles. The number of hydrogen-bond donors (Lipinski definition) is 2. The van der Waals surface area contributed by atoms with Crippen LogP contribution in [0.4, 0.5) is 0 Å². The molecule has 3 N–H and O–H groups in total. The minimum atomic E-state index is -0.531. The minimum absolute atomic E-state index is 0.0794. The van der Waals surface area contributed by atoms with E-state index in [1.807, 2.05) is 0 Å². The third-order valence-corrected chi connectivity index (χ3v) is 5.34. The molecule has 2 fully saturated rings. The molecule has 100 valence electrons. The summed E-state index contributed by atoms with van der Waals surface area (Å²) in [5.74, 6) is 0.810. The zero-order valence-corrected chi connectivity index (χ0v) is 11.1. The molecule has 3 heteroatoms. The molecular weight excluding hydrogens is 214 g/mol. The summed E-state index contributed by atoms with van der Waals surface area (Å²) in [5.41, 5.74) is 5.40. The maximum Gasteiger partial charge on any atom is 0.0717 e. The first-order valence-corrected chi connectivity index (χ1v) is 7.16. The van der Waals surface area contributed by atoms with Gasteiger partial charge in [0.25, 0.3) is 0 Å². The average molecular weight is 241 g/mol. The fourth-order valence-corrected chi connectivity index (χ4v) is 3.72. The highest BCUT2D eigenvalue weighted by molar-refractivity contribution is 5.02. The molecule has 17 heavy (non-hydrogen) atoms. The van der Waals surface area contributed by atoms with Crippen molar-refractivity contribution in [1.82, 2.24) is 0 Å². The molecule has 1 aliphatic heterocycles. The van der Waals surface area contributed by atoms with E-state index in [0.29, 0.717) is 6.54 Å². The van der Waals surface area contributed by atoms with E-state index in [4.69, 9.17) is 10.5 Å². The molecule has 0 aromatic rings. The lowest BCUT2D eigenvalue weighted by molar-refractivity contribution is -0.151. The number of rotatable bonds is 3.